The Labute approximate surface area is 315 Å². The number of benzene rings is 9. The largest absolute Gasteiger partial charge is 0.464 e. The van der Waals surface area contributed by atoms with Crippen LogP contribution in [0.15, 0.2) is 197 Å². The van der Waals surface area contributed by atoms with Gasteiger partial charge in [-0.05, 0) is 74.6 Å². The number of para-hydroxylation sites is 3. The van der Waals surface area contributed by atoms with E-state index in [0.29, 0.717) is 0 Å². The van der Waals surface area contributed by atoms with Crippen molar-refractivity contribution in [3.63, 3.8) is 0 Å². The minimum Gasteiger partial charge on any atom is -0.464 e. The highest BCUT2D eigenvalue weighted by atomic mass is 16.3. The fourth-order valence-electron chi connectivity index (χ4n) is 9.12. The van der Waals surface area contributed by atoms with Gasteiger partial charge in [-0.25, -0.2) is 0 Å². The van der Waals surface area contributed by atoms with Gasteiger partial charge >= 0.3 is 0 Å². The highest BCUT2D eigenvalue weighted by Crippen LogP contribution is 2.48. The van der Waals surface area contributed by atoms with Crippen molar-refractivity contribution >= 4 is 76.3 Å². The second-order valence-electron chi connectivity index (χ2n) is 14.4. The molecule has 3 aromatic heterocycles. The smallest absolute Gasteiger partial charge is 0.147 e. The topological polar surface area (TPSA) is 31.2 Å². The monoisotopic (exact) mass is 701 g/mol. The summed E-state index contributed by atoms with van der Waals surface area (Å²) < 4.78 is 15.6. The molecule has 0 aliphatic rings. The van der Waals surface area contributed by atoms with Gasteiger partial charge in [0.15, 0.2) is 0 Å². The van der Waals surface area contributed by atoms with E-state index in [1.807, 2.05) is 12.3 Å². The predicted molar refractivity (Wildman–Crippen MR) is 229 cm³/mol. The van der Waals surface area contributed by atoms with Crippen LogP contribution in [0.3, 0.4) is 0 Å². The molecule has 0 atom stereocenters. The second-order valence-corrected chi connectivity index (χ2v) is 14.4. The van der Waals surface area contributed by atoms with Crippen molar-refractivity contribution in [1.29, 1.82) is 0 Å². The van der Waals surface area contributed by atoms with Gasteiger partial charge in [-0.1, -0.05) is 146 Å². The molecule has 9 aromatic carbocycles. The highest BCUT2D eigenvalue weighted by molar-refractivity contribution is 6.26. The third-order valence-electron chi connectivity index (χ3n) is 11.5. The van der Waals surface area contributed by atoms with Gasteiger partial charge in [0, 0.05) is 43.9 Å². The van der Waals surface area contributed by atoms with Crippen LogP contribution in [0.5, 0.6) is 0 Å². The molecule has 12 rings (SSSR count). The molecule has 256 valence electrons. The zero-order valence-electron chi connectivity index (χ0n) is 29.7. The van der Waals surface area contributed by atoms with E-state index in [0.717, 1.165) is 55.3 Å². The predicted octanol–water partition coefficient (Wildman–Crippen LogP) is 14.7. The van der Waals surface area contributed by atoms with Gasteiger partial charge in [0.05, 0.1) is 22.7 Å². The maximum Gasteiger partial charge on any atom is 0.147 e. The molecular formula is C52H31NO2. The molecule has 0 saturated carbocycles. The number of hydrogen-bond acceptors (Lipinski definition) is 2. The summed E-state index contributed by atoms with van der Waals surface area (Å²) in [5, 5.41) is 10.4. The van der Waals surface area contributed by atoms with Crippen molar-refractivity contribution in [2.45, 2.75) is 0 Å². The number of nitrogens with zero attached hydrogens (tertiary/aromatic N) is 1. The molecule has 0 N–H and O–H groups in total. The van der Waals surface area contributed by atoms with Gasteiger partial charge in [0.2, 0.25) is 0 Å². The Hall–Kier alpha value is -7.36. The van der Waals surface area contributed by atoms with Crippen LogP contribution < -0.4 is 0 Å². The third-order valence-corrected chi connectivity index (χ3v) is 11.5. The van der Waals surface area contributed by atoms with Crippen LogP contribution >= 0.6 is 0 Å². The molecule has 0 fully saturated rings. The number of furan rings is 2. The highest BCUT2D eigenvalue weighted by Gasteiger charge is 2.23. The average molecular weight is 702 g/mol. The minimum absolute atomic E-state index is 0.815. The van der Waals surface area contributed by atoms with E-state index in [2.05, 4.69) is 180 Å². The van der Waals surface area contributed by atoms with Crippen LogP contribution in [-0.4, -0.2) is 4.57 Å². The molecule has 0 radical (unpaired) electrons. The molecule has 0 spiro atoms. The summed E-state index contributed by atoms with van der Waals surface area (Å²) in [6, 6.07) is 65.3. The summed E-state index contributed by atoms with van der Waals surface area (Å²) in [6.45, 7) is 0. The maximum atomic E-state index is 7.05. The average Bonchev–Trinajstić information content (AvgIpc) is 3.95. The Morgan fingerprint density at radius 3 is 1.69 bits per heavy atom. The first kappa shape index (κ1) is 30.1. The molecule has 0 bridgehead atoms. The number of rotatable bonds is 4. The zero-order valence-corrected chi connectivity index (χ0v) is 29.7. The molecule has 0 aliphatic carbocycles. The van der Waals surface area contributed by atoms with Crippen LogP contribution in [0, 0.1) is 0 Å². The standard InChI is InChI=1S/C52H31NO2/c1-3-14-32(15-4-1)44-31-54-47-29-28-42-41-23-13-24-43(51(41)55-52(42)50(44)47)49-39-21-9-7-19-37(39)48(38-20-8-10-22-40(38)49)33-26-27-36-35-18-11-12-25-45(35)53(46(36)30-33)34-16-5-2-6-17-34/h1-31H. The van der Waals surface area contributed by atoms with Crippen molar-refractivity contribution in [3.8, 4) is 39.1 Å². The summed E-state index contributed by atoms with van der Waals surface area (Å²) in [5.74, 6) is 0. The van der Waals surface area contributed by atoms with E-state index in [4.69, 9.17) is 8.83 Å². The number of fused-ring (bicyclic) bond motifs is 10. The lowest BCUT2D eigenvalue weighted by molar-refractivity contribution is 0.616. The molecule has 0 aliphatic heterocycles. The number of hydrogen-bond donors (Lipinski definition) is 0. The number of aromatic nitrogens is 1. The van der Waals surface area contributed by atoms with Crippen LogP contribution in [0.1, 0.15) is 0 Å². The van der Waals surface area contributed by atoms with Gasteiger partial charge in [0.1, 0.15) is 16.7 Å². The molecule has 3 nitrogen and oxygen atoms in total. The fourth-order valence-corrected chi connectivity index (χ4v) is 9.12. The van der Waals surface area contributed by atoms with E-state index in [1.165, 1.54) is 60.0 Å². The molecular weight excluding hydrogens is 671 g/mol. The summed E-state index contributed by atoms with van der Waals surface area (Å²) in [5.41, 5.74) is 12.9. The quantitative estimate of drug-likeness (QED) is 0.171. The van der Waals surface area contributed by atoms with Crippen LogP contribution in [0.2, 0.25) is 0 Å². The van der Waals surface area contributed by atoms with Gasteiger partial charge in [-0.2, -0.15) is 0 Å². The van der Waals surface area contributed by atoms with E-state index < -0.39 is 0 Å². The third kappa shape index (κ3) is 4.32. The summed E-state index contributed by atoms with van der Waals surface area (Å²) in [6.07, 6.45) is 1.85. The Morgan fingerprint density at radius 2 is 0.945 bits per heavy atom. The minimum atomic E-state index is 0.815. The summed E-state index contributed by atoms with van der Waals surface area (Å²) >= 11 is 0. The Morgan fingerprint density at radius 1 is 0.364 bits per heavy atom. The van der Waals surface area contributed by atoms with Gasteiger partial charge in [0.25, 0.3) is 0 Å². The van der Waals surface area contributed by atoms with E-state index in [-0.39, 0.29) is 0 Å². The molecule has 3 heterocycles. The Bertz CT molecular complexity index is 3420. The van der Waals surface area contributed by atoms with E-state index in [9.17, 15) is 0 Å². The van der Waals surface area contributed by atoms with Gasteiger partial charge in [-0.3, -0.25) is 0 Å². The molecule has 0 unspecified atom stereocenters. The van der Waals surface area contributed by atoms with Crippen molar-refractivity contribution in [3.05, 3.63) is 188 Å². The molecule has 0 amide bonds. The Balaban J connectivity index is 1.15. The first-order chi connectivity index (χ1) is 27.3. The molecule has 0 saturated heterocycles. The summed E-state index contributed by atoms with van der Waals surface area (Å²) in [4.78, 5) is 0. The maximum absolute atomic E-state index is 7.05. The van der Waals surface area contributed by atoms with Crippen molar-refractivity contribution in [2.24, 2.45) is 0 Å². The van der Waals surface area contributed by atoms with Crippen molar-refractivity contribution in [2.75, 3.05) is 0 Å². The normalized spacial score (nSPS) is 12.0. The van der Waals surface area contributed by atoms with Gasteiger partial charge in [-0.15, -0.1) is 0 Å². The molecule has 3 heteroatoms. The fraction of sp³-hybridized carbons (Fsp3) is 0. The zero-order chi connectivity index (χ0) is 36.0. The molecule has 12 aromatic rings. The van der Waals surface area contributed by atoms with E-state index in [1.54, 1.807) is 0 Å². The van der Waals surface area contributed by atoms with Crippen LogP contribution in [0.25, 0.3) is 115 Å². The lowest BCUT2D eigenvalue weighted by atomic mass is 9.85. The summed E-state index contributed by atoms with van der Waals surface area (Å²) in [7, 11) is 0. The van der Waals surface area contributed by atoms with Gasteiger partial charge < -0.3 is 13.4 Å². The van der Waals surface area contributed by atoms with Crippen molar-refractivity contribution in [1.82, 2.24) is 4.57 Å². The second kappa shape index (κ2) is 11.6. The molecule has 55 heavy (non-hydrogen) atoms. The van der Waals surface area contributed by atoms with Crippen molar-refractivity contribution < 1.29 is 8.83 Å². The van der Waals surface area contributed by atoms with E-state index >= 15 is 0 Å². The van der Waals surface area contributed by atoms with Crippen LogP contribution in [-0.2, 0) is 0 Å². The first-order valence-corrected chi connectivity index (χ1v) is 18.8. The lowest BCUT2D eigenvalue weighted by Crippen LogP contribution is -1.94. The lowest BCUT2D eigenvalue weighted by Gasteiger charge is -2.18. The Kier molecular flexibility index (Phi) is 6.34. The first-order valence-electron chi connectivity index (χ1n) is 18.8. The SMILES string of the molecule is c1ccc(-c2coc3ccc4c5cccc(-c6c7ccccc7c(-c7ccc8c9ccccc9n(-c9ccccc9)c8c7)c7ccccc67)c5oc4c23)cc1. The van der Waals surface area contributed by atoms with Crippen LogP contribution in [0.4, 0.5) is 0 Å².